The van der Waals surface area contributed by atoms with Crippen molar-refractivity contribution in [3.05, 3.63) is 94.3 Å². The van der Waals surface area contributed by atoms with Crippen molar-refractivity contribution in [3.63, 3.8) is 0 Å². The van der Waals surface area contributed by atoms with Crippen LogP contribution in [-0.4, -0.2) is 10.9 Å². The molecule has 2 aromatic carbocycles. The van der Waals surface area contributed by atoms with E-state index >= 15 is 0 Å². The van der Waals surface area contributed by atoms with Crippen LogP contribution in [0.5, 0.6) is 5.75 Å². The molecule has 5 heteroatoms. The maximum Gasteiger partial charge on any atom is 0.254 e. The molecule has 25 heavy (non-hydrogen) atoms. The first kappa shape index (κ1) is 16.9. The van der Waals surface area contributed by atoms with E-state index in [4.69, 9.17) is 17.0 Å². The minimum Gasteiger partial charge on any atom is -0.489 e. The second-order valence-corrected chi connectivity index (χ2v) is 5.89. The van der Waals surface area contributed by atoms with Crippen LogP contribution in [0, 0.1) is 4.64 Å². The number of aromatic amines is 1. The molecule has 0 atom stereocenters. The normalized spacial score (nSPS) is 10.2. The smallest absolute Gasteiger partial charge is 0.254 e. The van der Waals surface area contributed by atoms with Crippen LogP contribution in [0.2, 0.25) is 0 Å². The first-order valence-electron chi connectivity index (χ1n) is 7.94. The Labute approximate surface area is 151 Å². The number of nitrogens with one attached hydrogen (secondary N) is 2. The summed E-state index contributed by atoms with van der Waals surface area (Å²) in [5.74, 6) is 0.546. The third-order valence-electron chi connectivity index (χ3n) is 3.71. The van der Waals surface area contributed by atoms with Crippen molar-refractivity contribution in [3.8, 4) is 5.75 Å². The van der Waals surface area contributed by atoms with Crippen molar-refractivity contribution < 1.29 is 9.53 Å². The number of hydrogen-bond acceptors (Lipinski definition) is 3. The predicted octanol–water partition coefficient (Wildman–Crippen LogP) is 4.25. The average Bonchev–Trinajstić information content (AvgIpc) is 2.66. The van der Waals surface area contributed by atoms with E-state index < -0.39 is 0 Å². The van der Waals surface area contributed by atoms with Gasteiger partial charge in [0.2, 0.25) is 0 Å². The van der Waals surface area contributed by atoms with Gasteiger partial charge in [0.05, 0.1) is 5.56 Å². The van der Waals surface area contributed by atoms with Gasteiger partial charge in [0.15, 0.2) is 0 Å². The lowest BCUT2D eigenvalue weighted by molar-refractivity contribution is 0.0949. The molecular formula is C20H18N2O2S. The first-order chi connectivity index (χ1) is 12.2. The Morgan fingerprint density at radius 1 is 1.00 bits per heavy atom. The summed E-state index contributed by atoms with van der Waals surface area (Å²) in [7, 11) is 0. The Kier molecular flexibility index (Phi) is 5.59. The van der Waals surface area contributed by atoms with Gasteiger partial charge in [-0.2, -0.15) is 0 Å². The van der Waals surface area contributed by atoms with Crippen molar-refractivity contribution in [1.29, 1.82) is 0 Å². The average molecular weight is 350 g/mol. The van der Waals surface area contributed by atoms with Crippen LogP contribution >= 0.6 is 12.2 Å². The van der Waals surface area contributed by atoms with Crippen molar-refractivity contribution in [2.75, 3.05) is 0 Å². The van der Waals surface area contributed by atoms with Crippen LogP contribution in [0.1, 0.15) is 21.5 Å². The molecule has 1 amide bonds. The van der Waals surface area contributed by atoms with Crippen molar-refractivity contribution in [1.82, 2.24) is 10.3 Å². The second-order valence-electron chi connectivity index (χ2n) is 5.48. The van der Waals surface area contributed by atoms with E-state index in [1.807, 2.05) is 54.6 Å². The summed E-state index contributed by atoms with van der Waals surface area (Å²) in [5.41, 5.74) is 2.47. The summed E-state index contributed by atoms with van der Waals surface area (Å²) in [6.07, 6.45) is 1.70. The van der Waals surface area contributed by atoms with Gasteiger partial charge < -0.3 is 15.0 Å². The van der Waals surface area contributed by atoms with E-state index in [2.05, 4.69) is 10.3 Å². The number of ether oxygens (including phenoxy) is 1. The highest BCUT2D eigenvalue weighted by Crippen LogP contribution is 2.19. The van der Waals surface area contributed by atoms with Crippen LogP contribution in [0.3, 0.4) is 0 Å². The molecule has 0 bridgehead atoms. The molecule has 0 aliphatic rings. The third kappa shape index (κ3) is 4.55. The van der Waals surface area contributed by atoms with E-state index in [1.54, 1.807) is 18.3 Å². The molecule has 0 radical (unpaired) electrons. The fourth-order valence-electron chi connectivity index (χ4n) is 2.40. The number of carbonyl (C=O) groups is 1. The number of para-hydroxylation sites is 1. The summed E-state index contributed by atoms with van der Waals surface area (Å²) < 4.78 is 6.33. The molecule has 126 valence electrons. The Bertz CT molecular complexity index is 907. The number of pyridine rings is 1. The molecule has 0 aliphatic heterocycles. The van der Waals surface area contributed by atoms with Gasteiger partial charge in [-0.15, -0.1) is 0 Å². The zero-order valence-electron chi connectivity index (χ0n) is 13.6. The van der Waals surface area contributed by atoms with Gasteiger partial charge in [-0.1, -0.05) is 60.7 Å². The SMILES string of the molecule is O=C(NCc1ccccc1OCc1ccccc1)c1ccc[nH]c1=S. The number of amides is 1. The zero-order chi connectivity index (χ0) is 17.5. The van der Waals surface area contributed by atoms with E-state index in [-0.39, 0.29) is 5.91 Å². The highest BCUT2D eigenvalue weighted by molar-refractivity contribution is 7.71. The molecular weight excluding hydrogens is 332 g/mol. The molecule has 0 saturated carbocycles. The van der Waals surface area contributed by atoms with E-state index in [1.165, 1.54) is 0 Å². The Hall–Kier alpha value is -2.92. The quantitative estimate of drug-likeness (QED) is 0.653. The lowest BCUT2D eigenvalue weighted by atomic mass is 10.2. The molecule has 0 aliphatic carbocycles. The monoisotopic (exact) mass is 350 g/mol. The van der Waals surface area contributed by atoms with Gasteiger partial charge >= 0.3 is 0 Å². The molecule has 1 heterocycles. The van der Waals surface area contributed by atoms with Gasteiger partial charge in [0.1, 0.15) is 17.0 Å². The van der Waals surface area contributed by atoms with Crippen LogP contribution < -0.4 is 10.1 Å². The fourth-order valence-corrected chi connectivity index (χ4v) is 2.63. The molecule has 2 N–H and O–H groups in total. The van der Waals surface area contributed by atoms with Crippen molar-refractivity contribution >= 4 is 18.1 Å². The topological polar surface area (TPSA) is 54.1 Å². The molecule has 3 rings (SSSR count). The Balaban J connectivity index is 1.66. The lowest BCUT2D eigenvalue weighted by Crippen LogP contribution is -2.23. The van der Waals surface area contributed by atoms with Gasteiger partial charge in [-0.05, 0) is 23.8 Å². The number of aromatic nitrogens is 1. The molecule has 0 unspecified atom stereocenters. The van der Waals surface area contributed by atoms with Crippen LogP contribution in [0.4, 0.5) is 0 Å². The number of rotatable bonds is 6. The molecule has 0 spiro atoms. The number of benzene rings is 2. The first-order valence-corrected chi connectivity index (χ1v) is 8.35. The summed E-state index contributed by atoms with van der Waals surface area (Å²) in [5, 5.41) is 2.89. The predicted molar refractivity (Wildman–Crippen MR) is 100 cm³/mol. The Morgan fingerprint density at radius 3 is 2.56 bits per heavy atom. The van der Waals surface area contributed by atoms with E-state index in [9.17, 15) is 4.79 Å². The van der Waals surface area contributed by atoms with Crippen LogP contribution in [0.25, 0.3) is 0 Å². The van der Waals surface area contributed by atoms with Gasteiger partial charge in [0.25, 0.3) is 5.91 Å². The third-order valence-corrected chi connectivity index (χ3v) is 4.05. The van der Waals surface area contributed by atoms with E-state index in [0.717, 1.165) is 16.9 Å². The highest BCUT2D eigenvalue weighted by atomic mass is 32.1. The second kappa shape index (κ2) is 8.26. The summed E-state index contributed by atoms with van der Waals surface area (Å²) in [4.78, 5) is 15.1. The van der Waals surface area contributed by atoms with Gasteiger partial charge in [-0.25, -0.2) is 0 Å². The molecule has 0 fully saturated rings. The minimum absolute atomic E-state index is 0.209. The van der Waals surface area contributed by atoms with Crippen LogP contribution in [0.15, 0.2) is 72.9 Å². The standard InChI is InChI=1S/C20H18N2O2S/c23-19(17-10-6-12-21-20(17)25)22-13-16-9-4-5-11-18(16)24-14-15-7-2-1-3-8-15/h1-12H,13-14H2,(H,21,25)(H,22,23). The van der Waals surface area contributed by atoms with Crippen molar-refractivity contribution in [2.24, 2.45) is 0 Å². The zero-order valence-corrected chi connectivity index (χ0v) is 14.4. The fraction of sp³-hybridized carbons (Fsp3) is 0.100. The number of H-pyrrole nitrogens is 1. The molecule has 3 aromatic rings. The lowest BCUT2D eigenvalue weighted by Gasteiger charge is -2.12. The Morgan fingerprint density at radius 2 is 1.76 bits per heavy atom. The summed E-state index contributed by atoms with van der Waals surface area (Å²) in [6.45, 7) is 0.850. The summed E-state index contributed by atoms with van der Waals surface area (Å²) >= 11 is 5.14. The molecule has 4 nitrogen and oxygen atoms in total. The van der Waals surface area contributed by atoms with Crippen molar-refractivity contribution in [2.45, 2.75) is 13.2 Å². The maximum absolute atomic E-state index is 12.3. The maximum atomic E-state index is 12.3. The van der Waals surface area contributed by atoms with E-state index in [0.29, 0.717) is 23.4 Å². The van der Waals surface area contributed by atoms with Crippen LogP contribution in [-0.2, 0) is 13.2 Å². The number of hydrogen-bond donors (Lipinski definition) is 2. The highest BCUT2D eigenvalue weighted by Gasteiger charge is 2.09. The number of carbonyl (C=O) groups excluding carboxylic acids is 1. The molecule has 1 aromatic heterocycles. The molecule has 0 saturated heterocycles. The van der Waals surface area contributed by atoms with Gasteiger partial charge in [-0.3, -0.25) is 4.79 Å². The largest absolute Gasteiger partial charge is 0.489 e. The summed E-state index contributed by atoms with van der Waals surface area (Å²) in [6, 6.07) is 21.1. The van der Waals surface area contributed by atoms with Gasteiger partial charge in [0, 0.05) is 18.3 Å². The minimum atomic E-state index is -0.209.